The molecule has 2 aliphatic rings. The van der Waals surface area contributed by atoms with Crippen LogP contribution in [-0.2, 0) is 0 Å². The quantitative estimate of drug-likeness (QED) is 0.762. The van der Waals surface area contributed by atoms with E-state index in [4.69, 9.17) is 5.11 Å². The van der Waals surface area contributed by atoms with E-state index in [0.29, 0.717) is 12.5 Å². The second-order valence-electron chi connectivity index (χ2n) is 6.77. The van der Waals surface area contributed by atoms with Gasteiger partial charge in [0.1, 0.15) is 0 Å². The van der Waals surface area contributed by atoms with Crippen LogP contribution in [0.15, 0.2) is 0 Å². The van der Waals surface area contributed by atoms with Crippen LogP contribution in [0.25, 0.3) is 0 Å². The maximum atomic E-state index is 9.16. The number of hydrogen-bond donors (Lipinski definition) is 1. The molecule has 0 aromatic heterocycles. The molecular weight excluding hydrogens is 278 g/mol. The molecule has 0 unspecified atom stereocenters. The fraction of sp³-hybridized carbons (Fsp3) is 1.00. The monoisotopic (exact) mass is 306 g/mol. The normalized spacial score (nSPS) is 37.6. The molecular formula is C16H29GaO. The third-order valence-corrected chi connectivity index (χ3v) is 6.91. The first-order valence-corrected chi connectivity index (χ1v) is 9.84. The fourth-order valence-electron chi connectivity index (χ4n) is 3.93. The minimum atomic E-state index is 0.426. The molecule has 0 aliphatic heterocycles. The van der Waals surface area contributed by atoms with E-state index in [0.717, 1.165) is 17.8 Å². The first kappa shape index (κ1) is 15.0. The van der Waals surface area contributed by atoms with Crippen molar-refractivity contribution in [2.45, 2.75) is 69.2 Å². The van der Waals surface area contributed by atoms with E-state index in [1.165, 1.54) is 69.2 Å². The van der Waals surface area contributed by atoms with Gasteiger partial charge in [-0.25, -0.2) is 0 Å². The van der Waals surface area contributed by atoms with E-state index >= 15 is 0 Å². The Morgan fingerprint density at radius 3 is 1.44 bits per heavy atom. The van der Waals surface area contributed by atoms with Crippen LogP contribution in [0.3, 0.4) is 0 Å². The summed E-state index contributed by atoms with van der Waals surface area (Å²) in [5, 5.41) is 9.16. The minimum absolute atomic E-state index is 0.426. The summed E-state index contributed by atoms with van der Waals surface area (Å²) in [6.45, 7) is 0.426. The molecule has 2 aliphatic carbocycles. The molecule has 18 heavy (non-hydrogen) atoms. The SMILES string of the molecule is OCC1CCC(CCC2CCC([CH2][Ga])CC2)CC1. The standard InChI is InChI=1S/C16H29O.Ga/c1-13-2-4-14(5-3-13)6-7-15-8-10-16(12-17)11-9-15;/h13-17H,1-12H2;. The van der Waals surface area contributed by atoms with Crippen LogP contribution in [0, 0.1) is 23.7 Å². The average molecular weight is 307 g/mol. The van der Waals surface area contributed by atoms with Gasteiger partial charge in [-0.3, -0.25) is 0 Å². The molecule has 0 amide bonds. The van der Waals surface area contributed by atoms with Gasteiger partial charge in [-0.2, -0.15) is 0 Å². The number of hydrogen-bond acceptors (Lipinski definition) is 1. The summed E-state index contributed by atoms with van der Waals surface area (Å²) >= 11 is 1.93. The van der Waals surface area contributed by atoms with Gasteiger partial charge in [0.05, 0.1) is 0 Å². The van der Waals surface area contributed by atoms with E-state index in [2.05, 4.69) is 0 Å². The first-order chi connectivity index (χ1) is 8.81. The number of aliphatic hydroxyl groups is 1. The molecule has 1 N–H and O–H groups in total. The Balaban J connectivity index is 1.58. The molecule has 2 fully saturated rings. The van der Waals surface area contributed by atoms with Crippen LogP contribution >= 0.6 is 0 Å². The van der Waals surface area contributed by atoms with Gasteiger partial charge in [-0.1, -0.05) is 0 Å². The zero-order chi connectivity index (χ0) is 12.8. The Kier molecular flexibility index (Phi) is 6.67. The third-order valence-electron chi connectivity index (χ3n) is 5.51. The van der Waals surface area contributed by atoms with Crippen molar-refractivity contribution in [3.8, 4) is 0 Å². The predicted octanol–water partition coefficient (Wildman–Crippen LogP) is 3.96. The van der Waals surface area contributed by atoms with E-state index < -0.39 is 0 Å². The molecule has 0 aromatic carbocycles. The van der Waals surface area contributed by atoms with Crippen LogP contribution in [0.5, 0.6) is 0 Å². The van der Waals surface area contributed by atoms with Gasteiger partial charge in [0.2, 0.25) is 0 Å². The summed E-state index contributed by atoms with van der Waals surface area (Å²) in [4.78, 5) is 1.46. The summed E-state index contributed by atoms with van der Waals surface area (Å²) in [5.41, 5.74) is 0. The summed E-state index contributed by atoms with van der Waals surface area (Å²) in [7, 11) is 0. The molecule has 1 nitrogen and oxygen atoms in total. The fourth-order valence-corrected chi connectivity index (χ4v) is 4.92. The zero-order valence-corrected chi connectivity index (χ0v) is 14.2. The predicted molar refractivity (Wildman–Crippen MR) is 77.8 cm³/mol. The average Bonchev–Trinajstić information content (AvgIpc) is 2.46. The van der Waals surface area contributed by atoms with Crippen molar-refractivity contribution in [1.29, 1.82) is 0 Å². The second kappa shape index (κ2) is 8.01. The first-order valence-electron chi connectivity index (χ1n) is 8.12. The Labute approximate surface area is 123 Å². The van der Waals surface area contributed by atoms with Crippen LogP contribution in [0.4, 0.5) is 0 Å². The van der Waals surface area contributed by atoms with Crippen molar-refractivity contribution in [2.75, 3.05) is 6.61 Å². The summed E-state index contributed by atoms with van der Waals surface area (Å²) in [6, 6.07) is 0. The van der Waals surface area contributed by atoms with Crippen molar-refractivity contribution in [3.05, 3.63) is 0 Å². The number of aliphatic hydroxyl groups excluding tert-OH is 1. The Morgan fingerprint density at radius 1 is 0.667 bits per heavy atom. The van der Waals surface area contributed by atoms with Gasteiger partial charge < -0.3 is 5.11 Å². The van der Waals surface area contributed by atoms with Crippen LogP contribution in [0.2, 0.25) is 4.98 Å². The van der Waals surface area contributed by atoms with E-state index in [9.17, 15) is 0 Å². The van der Waals surface area contributed by atoms with Crippen molar-refractivity contribution < 1.29 is 5.11 Å². The van der Waals surface area contributed by atoms with Gasteiger partial charge in [0.25, 0.3) is 0 Å². The molecule has 2 rings (SSSR count). The van der Waals surface area contributed by atoms with Crippen molar-refractivity contribution in [1.82, 2.24) is 0 Å². The summed E-state index contributed by atoms with van der Waals surface area (Å²) in [6.07, 6.45) is 14.4. The molecule has 2 heteroatoms. The molecule has 0 atom stereocenters. The number of rotatable bonds is 5. The van der Waals surface area contributed by atoms with Crippen molar-refractivity contribution >= 4 is 18.6 Å². The molecule has 2 radical (unpaired) electrons. The molecule has 0 saturated heterocycles. The molecule has 102 valence electrons. The van der Waals surface area contributed by atoms with Gasteiger partial charge in [0, 0.05) is 0 Å². The third kappa shape index (κ3) is 4.61. The second-order valence-corrected chi connectivity index (χ2v) is 7.76. The van der Waals surface area contributed by atoms with Crippen molar-refractivity contribution in [2.24, 2.45) is 23.7 Å². The molecule has 0 spiro atoms. The Bertz CT molecular complexity index is 191. The van der Waals surface area contributed by atoms with E-state index in [1.54, 1.807) is 0 Å². The van der Waals surface area contributed by atoms with Crippen molar-refractivity contribution in [3.63, 3.8) is 0 Å². The molecule has 0 aromatic rings. The summed E-state index contributed by atoms with van der Waals surface area (Å²) in [5.74, 6) is 3.74. The van der Waals surface area contributed by atoms with E-state index in [-0.39, 0.29) is 0 Å². The molecule has 2 saturated carbocycles. The van der Waals surface area contributed by atoms with Crippen LogP contribution in [0.1, 0.15) is 64.2 Å². The maximum absolute atomic E-state index is 9.16. The van der Waals surface area contributed by atoms with Crippen LogP contribution < -0.4 is 0 Å². The Hall–Kier alpha value is 0.596. The van der Waals surface area contributed by atoms with Gasteiger partial charge >= 0.3 is 118 Å². The van der Waals surface area contributed by atoms with E-state index in [1.807, 2.05) is 18.6 Å². The topological polar surface area (TPSA) is 20.2 Å². The van der Waals surface area contributed by atoms with Gasteiger partial charge in [0.15, 0.2) is 0 Å². The van der Waals surface area contributed by atoms with Gasteiger partial charge in [-0.05, 0) is 0 Å². The van der Waals surface area contributed by atoms with Gasteiger partial charge in [-0.15, -0.1) is 0 Å². The van der Waals surface area contributed by atoms with Crippen LogP contribution in [-0.4, -0.2) is 30.3 Å². The summed E-state index contributed by atoms with van der Waals surface area (Å²) < 4.78 is 0. The molecule has 0 heterocycles. The Morgan fingerprint density at radius 2 is 1.06 bits per heavy atom. The molecule has 0 bridgehead atoms. The zero-order valence-electron chi connectivity index (χ0n) is 11.8.